The van der Waals surface area contributed by atoms with Crippen molar-refractivity contribution in [3.05, 3.63) is 0 Å². The van der Waals surface area contributed by atoms with E-state index in [0.717, 1.165) is 0 Å². The molecular weight excluding hydrogens is 156 g/mol. The Morgan fingerprint density at radius 3 is 2.42 bits per heavy atom. The lowest BCUT2D eigenvalue weighted by Gasteiger charge is -2.21. The highest BCUT2D eigenvalue weighted by Gasteiger charge is 2.70. The SMILES string of the molecule is CC(C)N1C(=O)C2CC2(N)C1=O. The zero-order valence-electron chi connectivity index (χ0n) is 7.20. The Morgan fingerprint density at radius 2 is 2.17 bits per heavy atom. The van der Waals surface area contributed by atoms with Gasteiger partial charge >= 0.3 is 0 Å². The second-order valence-electron chi connectivity index (χ2n) is 3.90. The fourth-order valence-corrected chi connectivity index (χ4v) is 1.80. The number of imide groups is 1. The number of carbonyl (C=O) groups excluding carboxylic acids is 2. The highest BCUT2D eigenvalue weighted by molar-refractivity contribution is 6.14. The van der Waals surface area contributed by atoms with Gasteiger partial charge in [-0.2, -0.15) is 0 Å². The summed E-state index contributed by atoms with van der Waals surface area (Å²) in [6, 6.07) is -0.0572. The summed E-state index contributed by atoms with van der Waals surface area (Å²) in [4.78, 5) is 24.2. The molecule has 1 saturated carbocycles. The predicted octanol–water partition coefficient (Wildman–Crippen LogP) is -0.519. The zero-order chi connectivity index (χ0) is 9.09. The average Bonchev–Trinajstić information content (AvgIpc) is 2.58. The summed E-state index contributed by atoms with van der Waals surface area (Å²) in [5.74, 6) is -0.489. The fourth-order valence-electron chi connectivity index (χ4n) is 1.80. The third-order valence-corrected chi connectivity index (χ3v) is 2.67. The topological polar surface area (TPSA) is 63.4 Å². The third-order valence-electron chi connectivity index (χ3n) is 2.67. The minimum Gasteiger partial charge on any atom is -0.317 e. The van der Waals surface area contributed by atoms with Gasteiger partial charge in [-0.3, -0.25) is 14.5 Å². The molecule has 2 rings (SSSR count). The molecule has 2 fully saturated rings. The second kappa shape index (κ2) is 1.88. The molecule has 4 heteroatoms. The Morgan fingerprint density at radius 1 is 1.58 bits per heavy atom. The van der Waals surface area contributed by atoms with Crippen molar-refractivity contribution in [3.8, 4) is 0 Å². The predicted molar refractivity (Wildman–Crippen MR) is 42.0 cm³/mol. The van der Waals surface area contributed by atoms with Gasteiger partial charge in [-0.15, -0.1) is 0 Å². The molecule has 2 N–H and O–H groups in total. The molecule has 1 aliphatic heterocycles. The van der Waals surface area contributed by atoms with Gasteiger partial charge in [-0.1, -0.05) is 0 Å². The summed E-state index contributed by atoms with van der Waals surface area (Å²) in [6.45, 7) is 3.65. The molecule has 0 aromatic rings. The van der Waals surface area contributed by atoms with E-state index in [0.29, 0.717) is 6.42 Å². The molecule has 2 atom stereocenters. The smallest absolute Gasteiger partial charge is 0.250 e. The van der Waals surface area contributed by atoms with E-state index < -0.39 is 5.54 Å². The quantitative estimate of drug-likeness (QED) is 0.536. The molecule has 1 heterocycles. The summed E-state index contributed by atoms with van der Waals surface area (Å²) in [5.41, 5.74) is 4.88. The Balaban J connectivity index is 2.31. The molecule has 0 bridgehead atoms. The van der Waals surface area contributed by atoms with Gasteiger partial charge in [0.25, 0.3) is 0 Å². The highest BCUT2D eigenvalue weighted by Crippen LogP contribution is 2.49. The van der Waals surface area contributed by atoms with Crippen molar-refractivity contribution in [2.45, 2.75) is 31.8 Å². The van der Waals surface area contributed by atoms with Crippen LogP contribution in [-0.4, -0.2) is 28.3 Å². The molecule has 2 aliphatic rings. The average molecular weight is 168 g/mol. The van der Waals surface area contributed by atoms with Crippen molar-refractivity contribution in [1.29, 1.82) is 0 Å². The van der Waals surface area contributed by atoms with E-state index >= 15 is 0 Å². The molecule has 1 aliphatic carbocycles. The van der Waals surface area contributed by atoms with Crippen molar-refractivity contribution < 1.29 is 9.59 Å². The minimum absolute atomic E-state index is 0.0572. The Kier molecular flexibility index (Phi) is 1.21. The molecular formula is C8H12N2O2. The molecule has 2 unspecified atom stereocenters. The number of rotatable bonds is 1. The van der Waals surface area contributed by atoms with Crippen LogP contribution in [0.2, 0.25) is 0 Å². The van der Waals surface area contributed by atoms with Gasteiger partial charge in [0.15, 0.2) is 0 Å². The molecule has 0 spiro atoms. The van der Waals surface area contributed by atoms with Crippen molar-refractivity contribution in [3.63, 3.8) is 0 Å². The molecule has 0 radical (unpaired) electrons. The van der Waals surface area contributed by atoms with Crippen LogP contribution in [0.15, 0.2) is 0 Å². The first-order chi connectivity index (χ1) is 5.48. The van der Waals surface area contributed by atoms with Crippen LogP contribution in [-0.2, 0) is 9.59 Å². The number of piperidine rings is 1. The number of fused-ring (bicyclic) bond motifs is 1. The van der Waals surface area contributed by atoms with Crippen molar-refractivity contribution in [2.75, 3.05) is 0 Å². The summed E-state index contributed by atoms with van der Waals surface area (Å²) in [6.07, 6.45) is 0.549. The van der Waals surface area contributed by atoms with Crippen LogP contribution in [0.5, 0.6) is 0 Å². The summed E-state index contributed by atoms with van der Waals surface area (Å²) in [5, 5.41) is 0. The molecule has 4 nitrogen and oxygen atoms in total. The molecule has 66 valence electrons. The number of carbonyl (C=O) groups is 2. The van der Waals surface area contributed by atoms with Crippen LogP contribution in [0, 0.1) is 5.92 Å². The molecule has 1 saturated heterocycles. The number of nitrogens with zero attached hydrogens (tertiary/aromatic N) is 1. The number of amides is 2. The largest absolute Gasteiger partial charge is 0.317 e. The highest BCUT2D eigenvalue weighted by atomic mass is 16.2. The van der Waals surface area contributed by atoms with E-state index in [1.54, 1.807) is 0 Å². The lowest BCUT2D eigenvalue weighted by atomic mass is 10.2. The summed E-state index contributed by atoms with van der Waals surface area (Å²) in [7, 11) is 0. The molecule has 12 heavy (non-hydrogen) atoms. The van der Waals surface area contributed by atoms with Gasteiger partial charge < -0.3 is 5.73 Å². The van der Waals surface area contributed by atoms with Gasteiger partial charge in [0.1, 0.15) is 5.54 Å². The van der Waals surface area contributed by atoms with Gasteiger partial charge in [-0.05, 0) is 20.3 Å². The van der Waals surface area contributed by atoms with E-state index in [-0.39, 0.29) is 23.8 Å². The van der Waals surface area contributed by atoms with Crippen molar-refractivity contribution >= 4 is 11.8 Å². The molecule has 0 aromatic heterocycles. The number of nitrogens with two attached hydrogens (primary N) is 1. The van der Waals surface area contributed by atoms with Gasteiger partial charge in [0.05, 0.1) is 5.92 Å². The maximum Gasteiger partial charge on any atom is 0.250 e. The lowest BCUT2D eigenvalue weighted by molar-refractivity contribution is -0.143. The molecule has 2 amide bonds. The van der Waals surface area contributed by atoms with Crippen LogP contribution in [0.25, 0.3) is 0 Å². The van der Waals surface area contributed by atoms with Gasteiger partial charge in [0.2, 0.25) is 11.8 Å². The Hall–Kier alpha value is -0.900. The van der Waals surface area contributed by atoms with Gasteiger partial charge in [0, 0.05) is 6.04 Å². The first-order valence-electron chi connectivity index (χ1n) is 4.15. The summed E-state index contributed by atoms with van der Waals surface area (Å²) >= 11 is 0. The van der Waals surface area contributed by atoms with Crippen molar-refractivity contribution in [2.24, 2.45) is 11.7 Å². The normalized spacial score (nSPS) is 39.3. The monoisotopic (exact) mass is 168 g/mol. The second-order valence-corrected chi connectivity index (χ2v) is 3.90. The van der Waals surface area contributed by atoms with Gasteiger partial charge in [-0.25, -0.2) is 0 Å². The standard InChI is InChI=1S/C8H12N2O2/c1-4(2)10-6(11)5-3-8(5,9)7(10)12/h4-5H,3,9H2,1-2H3. The van der Waals surface area contributed by atoms with E-state index in [1.165, 1.54) is 4.90 Å². The van der Waals surface area contributed by atoms with Crippen molar-refractivity contribution in [1.82, 2.24) is 4.90 Å². The van der Waals surface area contributed by atoms with E-state index in [2.05, 4.69) is 0 Å². The van der Waals surface area contributed by atoms with Crippen LogP contribution in [0.4, 0.5) is 0 Å². The molecule has 0 aromatic carbocycles. The van der Waals surface area contributed by atoms with E-state index in [9.17, 15) is 9.59 Å². The minimum atomic E-state index is -0.818. The number of hydrogen-bond acceptors (Lipinski definition) is 3. The van der Waals surface area contributed by atoms with Crippen LogP contribution < -0.4 is 5.73 Å². The van der Waals surface area contributed by atoms with Crippen LogP contribution in [0.3, 0.4) is 0 Å². The first-order valence-corrected chi connectivity index (χ1v) is 4.15. The maximum atomic E-state index is 11.5. The fraction of sp³-hybridized carbons (Fsp3) is 0.750. The van der Waals surface area contributed by atoms with Crippen LogP contribution in [0.1, 0.15) is 20.3 Å². The number of likely N-dealkylation sites (tertiary alicyclic amines) is 1. The maximum absolute atomic E-state index is 11.5. The van der Waals surface area contributed by atoms with E-state index in [1.807, 2.05) is 13.8 Å². The lowest BCUT2D eigenvalue weighted by Crippen LogP contribution is -2.44. The number of hydrogen-bond donors (Lipinski definition) is 1. The zero-order valence-corrected chi connectivity index (χ0v) is 7.20. The van der Waals surface area contributed by atoms with E-state index in [4.69, 9.17) is 5.73 Å². The third kappa shape index (κ3) is 0.659. The first kappa shape index (κ1) is 7.73. The Bertz CT molecular complexity index is 274. The Labute approximate surface area is 70.7 Å². The summed E-state index contributed by atoms with van der Waals surface area (Å²) < 4.78 is 0. The van der Waals surface area contributed by atoms with Crippen LogP contribution >= 0.6 is 0 Å².